The van der Waals surface area contributed by atoms with Crippen molar-refractivity contribution in [2.24, 2.45) is 34.3 Å². The molecule has 4 aliphatic carbocycles. The van der Waals surface area contributed by atoms with Gasteiger partial charge < -0.3 is 35.6 Å². The van der Waals surface area contributed by atoms with Crippen molar-refractivity contribution in [3.05, 3.63) is 0 Å². The zero-order valence-electron chi connectivity index (χ0n) is 20.8. The van der Waals surface area contributed by atoms with Gasteiger partial charge in [-0.05, 0) is 81.5 Å². The molecule has 0 spiro atoms. The van der Waals surface area contributed by atoms with Crippen LogP contribution in [0.3, 0.4) is 0 Å². The van der Waals surface area contributed by atoms with Crippen molar-refractivity contribution in [2.75, 3.05) is 0 Å². The molecule has 0 aromatic heterocycles. The lowest BCUT2D eigenvalue weighted by Gasteiger charge is -2.64. The standard InChI is InChI=1S/C26H43NO7/c1-14-18(28)19(29)20(30)21(33-14)34-26(22(31)32)13-12-25(27)17-8-7-15-6-4-5-10-23(15,2)16(17)9-11-24(25,26)3/h14-21,28-30H,4-13,27H2,1-3H3,(H,31,32)/t14-,15?,16-,17-,18-,19+,20+,21+,23+,24+,25-,26?/m1/s1. The molecular weight excluding hydrogens is 438 g/mol. The van der Waals surface area contributed by atoms with E-state index in [1.807, 2.05) is 6.92 Å². The second kappa shape index (κ2) is 8.12. The molecule has 4 saturated carbocycles. The van der Waals surface area contributed by atoms with E-state index in [1.165, 1.54) is 25.7 Å². The lowest BCUT2D eigenvalue weighted by Crippen LogP contribution is -2.71. The summed E-state index contributed by atoms with van der Waals surface area (Å²) in [5, 5.41) is 41.5. The number of carbonyl (C=O) groups is 1. The molecule has 6 N–H and O–H groups in total. The largest absolute Gasteiger partial charge is 0.479 e. The van der Waals surface area contributed by atoms with Gasteiger partial charge in [-0.1, -0.05) is 26.7 Å². The Labute approximate surface area is 202 Å². The van der Waals surface area contributed by atoms with E-state index < -0.39 is 53.2 Å². The van der Waals surface area contributed by atoms with Crippen LogP contribution in [0.1, 0.15) is 85.0 Å². The van der Waals surface area contributed by atoms with E-state index >= 15 is 0 Å². The highest BCUT2D eigenvalue weighted by molar-refractivity contribution is 5.80. The van der Waals surface area contributed by atoms with E-state index in [0.717, 1.165) is 25.2 Å². The molecule has 34 heavy (non-hydrogen) atoms. The second-order valence-electron chi connectivity index (χ2n) is 12.6. The van der Waals surface area contributed by atoms with Crippen molar-refractivity contribution < 1.29 is 34.7 Å². The average molecular weight is 482 g/mol. The van der Waals surface area contributed by atoms with Gasteiger partial charge in [0.05, 0.1) is 6.10 Å². The summed E-state index contributed by atoms with van der Waals surface area (Å²) in [7, 11) is 0. The van der Waals surface area contributed by atoms with E-state index in [4.69, 9.17) is 15.2 Å². The number of carboxylic acid groups (broad SMARTS) is 1. The van der Waals surface area contributed by atoms with E-state index in [2.05, 4.69) is 6.92 Å². The van der Waals surface area contributed by atoms with Crippen molar-refractivity contribution in [1.29, 1.82) is 0 Å². The van der Waals surface area contributed by atoms with Gasteiger partial charge in [0.25, 0.3) is 0 Å². The van der Waals surface area contributed by atoms with Gasteiger partial charge in [-0.25, -0.2) is 4.79 Å². The Bertz CT molecular complexity index is 825. The Morgan fingerprint density at radius 2 is 1.65 bits per heavy atom. The average Bonchev–Trinajstić information content (AvgIpc) is 3.04. The number of ether oxygens (including phenoxy) is 2. The number of fused-ring (bicyclic) bond motifs is 5. The van der Waals surface area contributed by atoms with E-state index in [0.29, 0.717) is 18.8 Å². The molecule has 8 heteroatoms. The molecule has 0 amide bonds. The molecule has 5 aliphatic rings. The quantitative estimate of drug-likeness (QED) is 0.413. The summed E-state index contributed by atoms with van der Waals surface area (Å²) >= 11 is 0. The minimum Gasteiger partial charge on any atom is -0.479 e. The van der Waals surface area contributed by atoms with Crippen molar-refractivity contribution in [3.8, 4) is 0 Å². The van der Waals surface area contributed by atoms with Crippen LogP contribution in [0.4, 0.5) is 0 Å². The molecule has 0 aromatic carbocycles. The van der Waals surface area contributed by atoms with Crippen LogP contribution in [0.25, 0.3) is 0 Å². The topological polar surface area (TPSA) is 142 Å². The lowest BCUT2D eigenvalue weighted by atomic mass is 9.42. The van der Waals surface area contributed by atoms with Gasteiger partial charge in [-0.15, -0.1) is 0 Å². The maximum Gasteiger partial charge on any atom is 0.336 e. The maximum atomic E-state index is 13.0. The normalized spacial score (nSPS) is 57.4. The molecule has 8 nitrogen and oxygen atoms in total. The fourth-order valence-corrected chi connectivity index (χ4v) is 9.26. The Kier molecular flexibility index (Phi) is 5.95. The van der Waals surface area contributed by atoms with Gasteiger partial charge in [0.1, 0.15) is 18.3 Å². The van der Waals surface area contributed by atoms with E-state index in [1.54, 1.807) is 6.92 Å². The third-order valence-corrected chi connectivity index (χ3v) is 11.5. The van der Waals surface area contributed by atoms with Crippen LogP contribution in [0.2, 0.25) is 0 Å². The lowest BCUT2D eigenvalue weighted by molar-refractivity contribution is -0.332. The first-order valence-corrected chi connectivity index (χ1v) is 13.3. The molecule has 1 aliphatic heterocycles. The van der Waals surface area contributed by atoms with Gasteiger partial charge in [0, 0.05) is 11.0 Å². The maximum absolute atomic E-state index is 13.0. The molecule has 12 atom stereocenters. The van der Waals surface area contributed by atoms with Crippen LogP contribution in [0.15, 0.2) is 0 Å². The molecule has 194 valence electrons. The zero-order valence-corrected chi connectivity index (χ0v) is 20.8. The summed E-state index contributed by atoms with van der Waals surface area (Å²) in [5.41, 5.74) is 4.42. The summed E-state index contributed by atoms with van der Waals surface area (Å²) in [5.74, 6) is 0.363. The van der Waals surface area contributed by atoms with Crippen LogP contribution < -0.4 is 5.73 Å². The number of aliphatic carboxylic acids is 1. The van der Waals surface area contributed by atoms with Crippen molar-refractivity contribution in [1.82, 2.24) is 0 Å². The zero-order chi connectivity index (χ0) is 24.7. The minimum absolute atomic E-state index is 0.234. The van der Waals surface area contributed by atoms with Crippen LogP contribution >= 0.6 is 0 Å². The summed E-state index contributed by atoms with van der Waals surface area (Å²) in [6.07, 6.45) is 3.16. The summed E-state index contributed by atoms with van der Waals surface area (Å²) in [6, 6.07) is 0. The van der Waals surface area contributed by atoms with Crippen molar-refractivity contribution in [2.45, 2.75) is 127 Å². The van der Waals surface area contributed by atoms with E-state index in [9.17, 15) is 25.2 Å². The van der Waals surface area contributed by atoms with Crippen LogP contribution in [0, 0.1) is 28.6 Å². The van der Waals surface area contributed by atoms with Crippen molar-refractivity contribution >= 4 is 5.97 Å². The molecule has 1 heterocycles. The van der Waals surface area contributed by atoms with Gasteiger partial charge in [0.15, 0.2) is 11.9 Å². The number of nitrogens with two attached hydrogens (primary N) is 1. The first kappa shape index (κ1) is 24.9. The molecule has 5 rings (SSSR count). The first-order valence-electron chi connectivity index (χ1n) is 13.3. The predicted molar refractivity (Wildman–Crippen MR) is 124 cm³/mol. The summed E-state index contributed by atoms with van der Waals surface area (Å²) < 4.78 is 11.9. The van der Waals surface area contributed by atoms with Crippen LogP contribution in [0.5, 0.6) is 0 Å². The number of hydrogen-bond acceptors (Lipinski definition) is 7. The Balaban J connectivity index is 1.48. The highest BCUT2D eigenvalue weighted by Crippen LogP contribution is 2.70. The van der Waals surface area contributed by atoms with Gasteiger partial charge in [-0.2, -0.15) is 0 Å². The third-order valence-electron chi connectivity index (χ3n) is 11.5. The number of aliphatic hydroxyl groups excluding tert-OH is 3. The number of rotatable bonds is 3. The third kappa shape index (κ3) is 3.08. The smallest absolute Gasteiger partial charge is 0.336 e. The SMILES string of the molecule is C[C@H]1O[C@@H](OC2(C(=O)O)CC[C@@]3(N)[C@@H]4CCC5CCCC[C@]5(C)[C@@H]4CC[C@]23C)[C@@H](O)[C@@H](O)[C@@H]1O. The fraction of sp³-hybridized carbons (Fsp3) is 0.962. The Morgan fingerprint density at radius 3 is 2.35 bits per heavy atom. The van der Waals surface area contributed by atoms with Gasteiger partial charge in [0.2, 0.25) is 0 Å². The van der Waals surface area contributed by atoms with Crippen LogP contribution in [-0.2, 0) is 14.3 Å². The van der Waals surface area contributed by atoms with Gasteiger partial charge >= 0.3 is 5.97 Å². The predicted octanol–water partition coefficient (Wildman–Crippen LogP) is 2.17. The Morgan fingerprint density at radius 1 is 0.912 bits per heavy atom. The highest BCUT2D eigenvalue weighted by atomic mass is 16.7. The molecule has 1 saturated heterocycles. The summed E-state index contributed by atoms with van der Waals surface area (Å²) in [4.78, 5) is 13.0. The molecule has 0 aromatic rings. The van der Waals surface area contributed by atoms with Crippen molar-refractivity contribution in [3.63, 3.8) is 0 Å². The Hall–Kier alpha value is -0.770. The highest BCUT2D eigenvalue weighted by Gasteiger charge is 2.74. The van der Waals surface area contributed by atoms with E-state index in [-0.39, 0.29) is 17.8 Å². The van der Waals surface area contributed by atoms with Crippen LogP contribution in [-0.4, -0.2) is 68.2 Å². The molecule has 0 bridgehead atoms. The monoisotopic (exact) mass is 481 g/mol. The molecule has 0 radical (unpaired) electrons. The molecular formula is C26H43NO7. The molecule has 2 unspecified atom stereocenters. The minimum atomic E-state index is -1.63. The number of aliphatic hydroxyl groups is 3. The number of carboxylic acids is 1. The number of hydrogen-bond donors (Lipinski definition) is 5. The summed E-state index contributed by atoms with van der Waals surface area (Å²) in [6.45, 7) is 5.99. The van der Waals surface area contributed by atoms with Gasteiger partial charge in [-0.3, -0.25) is 0 Å². The molecule has 5 fully saturated rings. The second-order valence-corrected chi connectivity index (χ2v) is 12.6. The first-order chi connectivity index (χ1) is 15.9. The fourth-order valence-electron chi connectivity index (χ4n) is 9.26.